The minimum absolute atomic E-state index is 0.00247. The zero-order valence-corrected chi connectivity index (χ0v) is 14.8. The number of nitrogens with zero attached hydrogens (tertiary/aromatic N) is 4. The second-order valence-electron chi connectivity index (χ2n) is 6.93. The van der Waals surface area contributed by atoms with Crippen molar-refractivity contribution < 1.29 is 19.1 Å². The first-order chi connectivity index (χ1) is 12.7. The van der Waals surface area contributed by atoms with Crippen molar-refractivity contribution in [2.24, 2.45) is 0 Å². The van der Waals surface area contributed by atoms with E-state index in [2.05, 4.69) is 9.88 Å². The Morgan fingerprint density at radius 1 is 1.04 bits per heavy atom. The number of rotatable bonds is 3. The fraction of sp³-hybridized carbons (Fsp3) is 0.611. The van der Waals surface area contributed by atoms with Gasteiger partial charge in [-0.25, -0.2) is 4.98 Å². The van der Waals surface area contributed by atoms with Crippen molar-refractivity contribution in [1.29, 1.82) is 0 Å². The van der Waals surface area contributed by atoms with Gasteiger partial charge in [0.15, 0.2) is 5.79 Å². The molecule has 3 saturated heterocycles. The Hall–Kier alpha value is -2.19. The van der Waals surface area contributed by atoms with Gasteiger partial charge in [-0.05, 0) is 12.1 Å². The average Bonchev–Trinajstić information content (AvgIpc) is 3.16. The normalized spacial score (nSPS) is 22.7. The van der Waals surface area contributed by atoms with Crippen LogP contribution in [0.4, 0.5) is 5.82 Å². The number of hydrogen-bond acceptors (Lipinski definition) is 6. The summed E-state index contributed by atoms with van der Waals surface area (Å²) in [6, 6.07) is 3.72. The lowest BCUT2D eigenvalue weighted by Gasteiger charge is -2.37. The molecule has 0 unspecified atom stereocenters. The van der Waals surface area contributed by atoms with Crippen LogP contribution in [-0.2, 0) is 14.3 Å². The number of carbonyl (C=O) groups excluding carboxylic acids is 2. The summed E-state index contributed by atoms with van der Waals surface area (Å²) in [6.45, 7) is 5.46. The molecule has 4 rings (SSSR count). The quantitative estimate of drug-likeness (QED) is 0.724. The summed E-state index contributed by atoms with van der Waals surface area (Å²) in [7, 11) is 0. The summed E-state index contributed by atoms with van der Waals surface area (Å²) in [6.07, 6.45) is 3.96. The van der Waals surface area contributed by atoms with Gasteiger partial charge in [-0.15, -0.1) is 0 Å². The molecule has 3 fully saturated rings. The van der Waals surface area contributed by atoms with Gasteiger partial charge in [0.1, 0.15) is 5.82 Å². The first-order valence-corrected chi connectivity index (χ1v) is 9.17. The number of hydrogen-bond donors (Lipinski definition) is 0. The third-order valence-electron chi connectivity index (χ3n) is 5.41. The average molecular weight is 360 g/mol. The third kappa shape index (κ3) is 3.39. The maximum absolute atomic E-state index is 12.7. The molecule has 8 heteroatoms. The summed E-state index contributed by atoms with van der Waals surface area (Å²) in [5.41, 5.74) is 0.601. The Morgan fingerprint density at radius 3 is 2.31 bits per heavy atom. The van der Waals surface area contributed by atoms with E-state index in [-0.39, 0.29) is 5.91 Å². The van der Waals surface area contributed by atoms with Crippen LogP contribution in [0.15, 0.2) is 18.3 Å². The molecule has 0 saturated carbocycles. The van der Waals surface area contributed by atoms with E-state index in [4.69, 9.17) is 9.47 Å². The van der Waals surface area contributed by atoms with Crippen LogP contribution in [0.3, 0.4) is 0 Å². The Labute approximate surface area is 152 Å². The Balaban J connectivity index is 1.35. The first kappa shape index (κ1) is 17.2. The number of anilines is 1. The van der Waals surface area contributed by atoms with Crippen LogP contribution in [0.5, 0.6) is 0 Å². The predicted molar refractivity (Wildman–Crippen MR) is 93.9 cm³/mol. The molecule has 2 amide bonds. The number of likely N-dealkylation sites (tertiary alicyclic amines) is 1. The van der Waals surface area contributed by atoms with Crippen LogP contribution in [0.2, 0.25) is 0 Å². The van der Waals surface area contributed by atoms with E-state index >= 15 is 0 Å². The predicted octanol–water partition coefficient (Wildman–Crippen LogP) is 0.339. The zero-order valence-electron chi connectivity index (χ0n) is 14.8. The molecule has 26 heavy (non-hydrogen) atoms. The SMILES string of the molecule is O=CN1CCN(c2ccc(C(=O)N3CCC4(CC3)OCCO4)cn2)CC1. The molecule has 0 atom stereocenters. The molecule has 3 aliphatic rings. The van der Waals surface area contributed by atoms with E-state index in [0.717, 1.165) is 25.3 Å². The lowest BCUT2D eigenvalue weighted by molar-refractivity contribution is -0.181. The summed E-state index contributed by atoms with van der Waals surface area (Å²) in [5, 5.41) is 0. The number of piperidine rings is 1. The van der Waals surface area contributed by atoms with E-state index in [1.807, 2.05) is 17.0 Å². The van der Waals surface area contributed by atoms with Gasteiger partial charge in [0.05, 0.1) is 18.8 Å². The van der Waals surface area contributed by atoms with Gasteiger partial charge in [0.25, 0.3) is 5.91 Å². The number of amides is 2. The van der Waals surface area contributed by atoms with E-state index in [0.29, 0.717) is 57.8 Å². The van der Waals surface area contributed by atoms with Crippen molar-refractivity contribution in [2.45, 2.75) is 18.6 Å². The molecule has 1 aromatic rings. The molecule has 0 aliphatic carbocycles. The largest absolute Gasteiger partial charge is 0.353 e. The minimum atomic E-state index is -0.470. The lowest BCUT2D eigenvalue weighted by atomic mass is 10.0. The van der Waals surface area contributed by atoms with Crippen molar-refractivity contribution in [3.8, 4) is 0 Å². The number of pyridine rings is 1. The molecule has 0 aromatic carbocycles. The van der Waals surface area contributed by atoms with Crippen molar-refractivity contribution in [1.82, 2.24) is 14.8 Å². The molecule has 3 aliphatic heterocycles. The number of carbonyl (C=O) groups is 2. The monoisotopic (exact) mass is 360 g/mol. The van der Waals surface area contributed by atoms with Gasteiger partial charge in [-0.3, -0.25) is 9.59 Å². The lowest BCUT2D eigenvalue weighted by Crippen LogP contribution is -2.47. The highest BCUT2D eigenvalue weighted by Crippen LogP contribution is 2.31. The first-order valence-electron chi connectivity index (χ1n) is 9.17. The van der Waals surface area contributed by atoms with Crippen molar-refractivity contribution >= 4 is 18.1 Å². The maximum atomic E-state index is 12.7. The Bertz CT molecular complexity index is 642. The molecular weight excluding hydrogens is 336 g/mol. The molecule has 1 spiro atoms. The summed E-state index contributed by atoms with van der Waals surface area (Å²) < 4.78 is 11.4. The molecular formula is C18H24N4O4. The third-order valence-corrected chi connectivity index (χ3v) is 5.41. The van der Waals surface area contributed by atoms with Crippen LogP contribution in [-0.4, -0.2) is 85.4 Å². The highest BCUT2D eigenvalue weighted by atomic mass is 16.7. The topological polar surface area (TPSA) is 75.2 Å². The molecule has 8 nitrogen and oxygen atoms in total. The molecule has 0 bridgehead atoms. The van der Waals surface area contributed by atoms with Gasteiger partial charge >= 0.3 is 0 Å². The van der Waals surface area contributed by atoms with E-state index in [1.54, 1.807) is 11.1 Å². The van der Waals surface area contributed by atoms with Crippen molar-refractivity contribution in [3.05, 3.63) is 23.9 Å². The molecule has 0 radical (unpaired) electrons. The fourth-order valence-electron chi connectivity index (χ4n) is 3.77. The number of ether oxygens (including phenoxy) is 2. The van der Waals surface area contributed by atoms with Crippen LogP contribution in [0.25, 0.3) is 0 Å². The van der Waals surface area contributed by atoms with Gasteiger partial charge in [0.2, 0.25) is 6.41 Å². The zero-order chi connectivity index (χ0) is 18.0. The highest BCUT2D eigenvalue weighted by molar-refractivity contribution is 5.94. The van der Waals surface area contributed by atoms with E-state index in [9.17, 15) is 9.59 Å². The second-order valence-corrected chi connectivity index (χ2v) is 6.93. The fourth-order valence-corrected chi connectivity index (χ4v) is 3.77. The smallest absolute Gasteiger partial charge is 0.255 e. The van der Waals surface area contributed by atoms with E-state index in [1.165, 1.54) is 0 Å². The number of piperazine rings is 1. The number of aromatic nitrogens is 1. The highest BCUT2D eigenvalue weighted by Gasteiger charge is 2.40. The molecule has 4 heterocycles. The summed E-state index contributed by atoms with van der Waals surface area (Å²) in [5.74, 6) is 0.378. The van der Waals surface area contributed by atoms with Gasteiger partial charge < -0.3 is 24.2 Å². The summed E-state index contributed by atoms with van der Waals surface area (Å²) >= 11 is 0. The second kappa shape index (κ2) is 7.20. The standard InChI is InChI=1S/C18H24N4O4/c23-14-20-7-9-21(10-8-20)16-2-1-15(13-19-16)17(24)22-5-3-18(4-6-22)25-11-12-26-18/h1-2,13-14H,3-12H2. The van der Waals surface area contributed by atoms with Crippen LogP contribution in [0, 0.1) is 0 Å². The molecule has 1 aromatic heterocycles. The summed E-state index contributed by atoms with van der Waals surface area (Å²) in [4.78, 5) is 33.7. The van der Waals surface area contributed by atoms with Crippen molar-refractivity contribution in [2.75, 3.05) is 57.4 Å². The van der Waals surface area contributed by atoms with Crippen LogP contribution < -0.4 is 4.90 Å². The maximum Gasteiger partial charge on any atom is 0.255 e. The Kier molecular flexibility index (Phi) is 4.78. The van der Waals surface area contributed by atoms with Gasteiger partial charge in [-0.2, -0.15) is 0 Å². The van der Waals surface area contributed by atoms with Gasteiger partial charge in [-0.1, -0.05) is 0 Å². The Morgan fingerprint density at radius 2 is 1.73 bits per heavy atom. The van der Waals surface area contributed by atoms with Crippen LogP contribution in [0.1, 0.15) is 23.2 Å². The van der Waals surface area contributed by atoms with Crippen molar-refractivity contribution in [3.63, 3.8) is 0 Å². The minimum Gasteiger partial charge on any atom is -0.353 e. The van der Waals surface area contributed by atoms with Gasteiger partial charge in [0, 0.05) is 58.3 Å². The molecule has 140 valence electrons. The van der Waals surface area contributed by atoms with Crippen LogP contribution >= 0.6 is 0 Å². The molecule has 0 N–H and O–H groups in total. The van der Waals surface area contributed by atoms with E-state index < -0.39 is 5.79 Å².